The Morgan fingerprint density at radius 2 is 1.75 bits per heavy atom. The Labute approximate surface area is 123 Å². The molecule has 0 radical (unpaired) electrons. The molecule has 1 aliphatic heterocycles. The number of hydrogen-bond acceptors (Lipinski definition) is 2. The SMILES string of the molecule is CCc1ccc(C(O)CN2CCC(C)(CC)CC2)cc1. The minimum absolute atomic E-state index is 0.355. The van der Waals surface area contributed by atoms with Gasteiger partial charge in [0, 0.05) is 6.54 Å². The fraction of sp³-hybridized carbons (Fsp3) is 0.667. The van der Waals surface area contributed by atoms with Gasteiger partial charge in [0.15, 0.2) is 0 Å². The average Bonchev–Trinajstić information content (AvgIpc) is 2.50. The highest BCUT2D eigenvalue weighted by Crippen LogP contribution is 2.34. The van der Waals surface area contributed by atoms with Crippen LogP contribution < -0.4 is 0 Å². The summed E-state index contributed by atoms with van der Waals surface area (Å²) in [5, 5.41) is 10.4. The molecule has 0 spiro atoms. The van der Waals surface area contributed by atoms with Crippen molar-refractivity contribution in [2.75, 3.05) is 19.6 Å². The molecule has 2 rings (SSSR count). The van der Waals surface area contributed by atoms with Gasteiger partial charge in [0.25, 0.3) is 0 Å². The third-order valence-electron chi connectivity index (χ3n) is 5.12. The molecule has 0 saturated carbocycles. The summed E-state index contributed by atoms with van der Waals surface area (Å²) < 4.78 is 0. The van der Waals surface area contributed by atoms with E-state index >= 15 is 0 Å². The maximum Gasteiger partial charge on any atom is 0.0916 e. The van der Waals surface area contributed by atoms with Gasteiger partial charge >= 0.3 is 0 Å². The topological polar surface area (TPSA) is 23.5 Å². The van der Waals surface area contributed by atoms with Gasteiger partial charge < -0.3 is 10.0 Å². The van der Waals surface area contributed by atoms with Crippen LogP contribution in [0.1, 0.15) is 57.3 Å². The molecule has 0 aliphatic carbocycles. The Morgan fingerprint density at radius 3 is 2.25 bits per heavy atom. The van der Waals surface area contributed by atoms with E-state index in [9.17, 15) is 5.11 Å². The lowest BCUT2D eigenvalue weighted by Crippen LogP contribution is -2.40. The fourth-order valence-electron chi connectivity index (χ4n) is 2.95. The van der Waals surface area contributed by atoms with Crippen LogP contribution in [0.5, 0.6) is 0 Å². The monoisotopic (exact) mass is 275 g/mol. The lowest BCUT2D eigenvalue weighted by Gasteiger charge is -2.39. The number of aryl methyl sites for hydroxylation is 1. The molecule has 0 amide bonds. The number of β-amino-alcohol motifs (C(OH)–C–C–N with tert-alkyl or cyclic N) is 1. The summed E-state index contributed by atoms with van der Waals surface area (Å²) in [6.07, 6.45) is 4.47. The highest BCUT2D eigenvalue weighted by molar-refractivity contribution is 5.24. The van der Waals surface area contributed by atoms with Gasteiger partial charge in [-0.3, -0.25) is 0 Å². The minimum atomic E-state index is -0.355. The normalized spacial score (nSPS) is 20.8. The van der Waals surface area contributed by atoms with Gasteiger partial charge in [-0.05, 0) is 48.9 Å². The number of benzene rings is 1. The van der Waals surface area contributed by atoms with Crippen molar-refractivity contribution in [2.45, 2.75) is 52.6 Å². The fourth-order valence-corrected chi connectivity index (χ4v) is 2.95. The van der Waals surface area contributed by atoms with Crippen molar-refractivity contribution in [2.24, 2.45) is 5.41 Å². The van der Waals surface area contributed by atoms with Crippen LogP contribution in [-0.2, 0) is 6.42 Å². The molecule has 20 heavy (non-hydrogen) atoms. The highest BCUT2D eigenvalue weighted by Gasteiger charge is 2.28. The largest absolute Gasteiger partial charge is 0.387 e. The van der Waals surface area contributed by atoms with Crippen LogP contribution in [-0.4, -0.2) is 29.6 Å². The van der Waals surface area contributed by atoms with Crippen molar-refractivity contribution >= 4 is 0 Å². The molecule has 1 saturated heterocycles. The summed E-state index contributed by atoms with van der Waals surface area (Å²) in [7, 11) is 0. The number of piperidine rings is 1. The van der Waals surface area contributed by atoms with Crippen molar-refractivity contribution in [3.63, 3.8) is 0 Å². The van der Waals surface area contributed by atoms with E-state index in [0.29, 0.717) is 5.41 Å². The van der Waals surface area contributed by atoms with Crippen LogP contribution in [0.4, 0.5) is 0 Å². The first kappa shape index (κ1) is 15.5. The molecule has 1 unspecified atom stereocenters. The van der Waals surface area contributed by atoms with E-state index < -0.39 is 0 Å². The minimum Gasteiger partial charge on any atom is -0.387 e. The second-order valence-corrected chi connectivity index (χ2v) is 6.58. The van der Waals surface area contributed by atoms with Crippen molar-refractivity contribution in [3.8, 4) is 0 Å². The van der Waals surface area contributed by atoms with Gasteiger partial charge in [-0.25, -0.2) is 0 Å². The lowest BCUT2D eigenvalue weighted by atomic mass is 9.78. The summed E-state index contributed by atoms with van der Waals surface area (Å²) in [4.78, 5) is 2.41. The summed E-state index contributed by atoms with van der Waals surface area (Å²) in [5.41, 5.74) is 2.90. The molecule has 1 aromatic carbocycles. The van der Waals surface area contributed by atoms with Crippen LogP contribution in [0.3, 0.4) is 0 Å². The highest BCUT2D eigenvalue weighted by atomic mass is 16.3. The first-order chi connectivity index (χ1) is 9.56. The number of hydrogen-bond donors (Lipinski definition) is 1. The predicted octanol–water partition coefficient (Wildman–Crippen LogP) is 3.79. The van der Waals surface area contributed by atoms with Crippen LogP contribution in [0, 0.1) is 5.41 Å². The molecule has 0 bridgehead atoms. The summed E-state index contributed by atoms with van der Waals surface area (Å²) in [5.74, 6) is 0. The zero-order chi connectivity index (χ0) is 14.6. The molecule has 1 N–H and O–H groups in total. The lowest BCUT2D eigenvalue weighted by molar-refractivity contribution is 0.0626. The van der Waals surface area contributed by atoms with E-state index in [0.717, 1.165) is 31.6 Å². The zero-order valence-electron chi connectivity index (χ0n) is 13.2. The van der Waals surface area contributed by atoms with Crippen LogP contribution in [0.2, 0.25) is 0 Å². The number of aliphatic hydroxyl groups excluding tert-OH is 1. The summed E-state index contributed by atoms with van der Waals surface area (Å²) in [6.45, 7) is 9.85. The van der Waals surface area contributed by atoms with E-state index in [2.05, 4.69) is 49.9 Å². The first-order valence-corrected chi connectivity index (χ1v) is 8.05. The predicted molar refractivity (Wildman–Crippen MR) is 84.9 cm³/mol. The molecule has 2 nitrogen and oxygen atoms in total. The molecular weight excluding hydrogens is 246 g/mol. The van der Waals surface area contributed by atoms with E-state index in [1.54, 1.807) is 0 Å². The molecule has 0 aromatic heterocycles. The van der Waals surface area contributed by atoms with Crippen molar-refractivity contribution < 1.29 is 5.11 Å². The second-order valence-electron chi connectivity index (χ2n) is 6.58. The Bertz CT molecular complexity index is 404. The molecule has 112 valence electrons. The van der Waals surface area contributed by atoms with E-state index in [4.69, 9.17) is 0 Å². The molecule has 1 heterocycles. The van der Waals surface area contributed by atoms with Crippen molar-refractivity contribution in [3.05, 3.63) is 35.4 Å². The van der Waals surface area contributed by atoms with Gasteiger partial charge in [0.1, 0.15) is 0 Å². The van der Waals surface area contributed by atoms with Crippen LogP contribution >= 0.6 is 0 Å². The van der Waals surface area contributed by atoms with Gasteiger partial charge in [-0.1, -0.05) is 51.5 Å². The Kier molecular flexibility index (Phi) is 5.22. The summed E-state index contributed by atoms with van der Waals surface area (Å²) in [6, 6.07) is 8.40. The Morgan fingerprint density at radius 1 is 1.15 bits per heavy atom. The van der Waals surface area contributed by atoms with E-state index in [1.165, 1.54) is 24.8 Å². The molecule has 1 aliphatic rings. The molecule has 1 aromatic rings. The maximum atomic E-state index is 10.4. The molecule has 2 heteroatoms. The number of nitrogens with zero attached hydrogens (tertiary/aromatic N) is 1. The van der Waals surface area contributed by atoms with Gasteiger partial charge in [-0.15, -0.1) is 0 Å². The Hall–Kier alpha value is -0.860. The molecule has 1 atom stereocenters. The van der Waals surface area contributed by atoms with Crippen molar-refractivity contribution in [1.29, 1.82) is 0 Å². The molecular formula is C18H29NO. The number of likely N-dealkylation sites (tertiary alicyclic amines) is 1. The second kappa shape index (κ2) is 6.73. The van der Waals surface area contributed by atoms with Crippen LogP contribution in [0.25, 0.3) is 0 Å². The van der Waals surface area contributed by atoms with E-state index in [1.807, 2.05) is 0 Å². The van der Waals surface area contributed by atoms with Crippen LogP contribution in [0.15, 0.2) is 24.3 Å². The van der Waals surface area contributed by atoms with E-state index in [-0.39, 0.29) is 6.10 Å². The zero-order valence-corrected chi connectivity index (χ0v) is 13.2. The van der Waals surface area contributed by atoms with Gasteiger partial charge in [0.05, 0.1) is 6.10 Å². The third-order valence-corrected chi connectivity index (χ3v) is 5.12. The summed E-state index contributed by atoms with van der Waals surface area (Å²) >= 11 is 0. The van der Waals surface area contributed by atoms with Crippen molar-refractivity contribution in [1.82, 2.24) is 4.90 Å². The quantitative estimate of drug-likeness (QED) is 0.883. The van der Waals surface area contributed by atoms with Gasteiger partial charge in [-0.2, -0.15) is 0 Å². The smallest absolute Gasteiger partial charge is 0.0916 e. The first-order valence-electron chi connectivity index (χ1n) is 8.05. The molecule has 1 fully saturated rings. The van der Waals surface area contributed by atoms with Gasteiger partial charge in [0.2, 0.25) is 0 Å². The Balaban J connectivity index is 1.87. The number of aliphatic hydroxyl groups is 1. The standard InChI is InChI=1S/C18H29NO/c1-4-15-6-8-16(9-7-15)17(20)14-19-12-10-18(3,5-2)11-13-19/h6-9,17,20H,4-5,10-14H2,1-3H3. The average molecular weight is 275 g/mol. The third kappa shape index (κ3) is 3.83. The number of rotatable bonds is 5. The maximum absolute atomic E-state index is 10.4.